The van der Waals surface area contributed by atoms with Crippen molar-refractivity contribution in [1.29, 1.82) is 0 Å². The first-order chi connectivity index (χ1) is 8.02. The zero-order valence-electron chi connectivity index (χ0n) is 12.2. The summed E-state index contributed by atoms with van der Waals surface area (Å²) in [6.45, 7) is 9.71. The van der Waals surface area contributed by atoms with Gasteiger partial charge >= 0.3 is 0 Å². The van der Waals surface area contributed by atoms with Gasteiger partial charge in [0.15, 0.2) is 0 Å². The molecule has 0 radical (unpaired) electrons. The Morgan fingerprint density at radius 3 is 1.12 bits per heavy atom. The van der Waals surface area contributed by atoms with Crippen LogP contribution in [0, 0.1) is 23.7 Å². The molecule has 0 bridgehead atoms. The van der Waals surface area contributed by atoms with Crippen molar-refractivity contribution >= 4 is 0 Å². The summed E-state index contributed by atoms with van der Waals surface area (Å²) in [6, 6.07) is 1.60. The molecule has 1 heteroatoms. The maximum atomic E-state index is 3.98. The second-order valence-corrected chi connectivity index (χ2v) is 7.40. The highest BCUT2D eigenvalue weighted by atomic mass is 15.0. The van der Waals surface area contributed by atoms with Crippen LogP contribution >= 0.6 is 0 Å². The van der Waals surface area contributed by atoms with Gasteiger partial charge in [-0.2, -0.15) is 0 Å². The summed E-state index contributed by atoms with van der Waals surface area (Å²) in [5.74, 6) is 3.70. The van der Waals surface area contributed by atoms with Crippen molar-refractivity contribution in [3.63, 3.8) is 0 Å². The van der Waals surface area contributed by atoms with Gasteiger partial charge in [0.1, 0.15) is 0 Å². The lowest BCUT2D eigenvalue weighted by Crippen LogP contribution is -2.45. The van der Waals surface area contributed by atoms with Gasteiger partial charge in [0, 0.05) is 12.1 Å². The highest BCUT2D eigenvalue weighted by Gasteiger charge is 2.29. The maximum Gasteiger partial charge on any atom is 0.00747 e. The smallest absolute Gasteiger partial charge is 0.00747 e. The molecule has 17 heavy (non-hydrogen) atoms. The van der Waals surface area contributed by atoms with Crippen molar-refractivity contribution in [3.05, 3.63) is 0 Å². The van der Waals surface area contributed by atoms with E-state index in [9.17, 15) is 0 Å². The molecular weight excluding hydrogens is 206 g/mol. The molecule has 2 saturated carbocycles. The van der Waals surface area contributed by atoms with Crippen molar-refractivity contribution in [2.24, 2.45) is 23.7 Å². The van der Waals surface area contributed by atoms with Crippen LogP contribution < -0.4 is 5.32 Å². The van der Waals surface area contributed by atoms with Gasteiger partial charge in [-0.3, -0.25) is 0 Å². The van der Waals surface area contributed by atoms with Crippen molar-refractivity contribution in [3.8, 4) is 0 Å². The third kappa shape index (κ3) is 3.98. The summed E-state index contributed by atoms with van der Waals surface area (Å²) in [5.41, 5.74) is 0. The minimum absolute atomic E-state index is 0.802. The van der Waals surface area contributed by atoms with Crippen LogP contribution in [0.5, 0.6) is 0 Å². The predicted molar refractivity (Wildman–Crippen MR) is 75.1 cm³/mol. The van der Waals surface area contributed by atoms with Crippen molar-refractivity contribution in [2.45, 2.75) is 78.3 Å². The SMILES string of the molecule is CC1CC(C)CC(NC2CC(C)CC(C)C2)C1. The van der Waals surface area contributed by atoms with E-state index in [0.29, 0.717) is 0 Å². The summed E-state index contributed by atoms with van der Waals surface area (Å²) in [5, 5.41) is 3.98. The minimum Gasteiger partial charge on any atom is -0.311 e. The zero-order chi connectivity index (χ0) is 12.4. The molecule has 0 amide bonds. The van der Waals surface area contributed by atoms with E-state index in [1.807, 2.05) is 0 Å². The van der Waals surface area contributed by atoms with Gasteiger partial charge in [-0.1, -0.05) is 27.7 Å². The van der Waals surface area contributed by atoms with Crippen LogP contribution in [-0.4, -0.2) is 12.1 Å². The third-order valence-corrected chi connectivity index (χ3v) is 4.83. The Kier molecular flexibility index (Phi) is 4.52. The highest BCUT2D eigenvalue weighted by Crippen LogP contribution is 2.32. The van der Waals surface area contributed by atoms with Crippen LogP contribution in [0.25, 0.3) is 0 Å². The fraction of sp³-hybridized carbons (Fsp3) is 1.00. The first kappa shape index (κ1) is 13.4. The Bertz CT molecular complexity index is 194. The zero-order valence-corrected chi connectivity index (χ0v) is 12.2. The Balaban J connectivity index is 1.83. The molecular formula is C16H31N. The largest absolute Gasteiger partial charge is 0.311 e. The summed E-state index contributed by atoms with van der Waals surface area (Å²) >= 11 is 0. The molecule has 2 fully saturated rings. The molecule has 4 unspecified atom stereocenters. The normalized spacial score (nSPS) is 48.0. The molecule has 0 spiro atoms. The molecule has 2 aliphatic rings. The molecule has 100 valence electrons. The second-order valence-electron chi connectivity index (χ2n) is 7.40. The first-order valence-corrected chi connectivity index (χ1v) is 7.79. The number of hydrogen-bond acceptors (Lipinski definition) is 1. The summed E-state index contributed by atoms with van der Waals surface area (Å²) in [7, 11) is 0. The Hall–Kier alpha value is -0.0400. The molecule has 0 aromatic carbocycles. The number of hydrogen-bond donors (Lipinski definition) is 1. The number of nitrogens with one attached hydrogen (secondary N) is 1. The molecule has 1 N–H and O–H groups in total. The summed E-state index contributed by atoms with van der Waals surface area (Å²) in [4.78, 5) is 0. The van der Waals surface area contributed by atoms with Crippen LogP contribution in [0.4, 0.5) is 0 Å². The minimum atomic E-state index is 0.802. The van der Waals surface area contributed by atoms with Gasteiger partial charge in [0.25, 0.3) is 0 Å². The van der Waals surface area contributed by atoms with Gasteiger partial charge in [-0.05, 0) is 62.2 Å². The average Bonchev–Trinajstić information content (AvgIpc) is 2.13. The van der Waals surface area contributed by atoms with Crippen LogP contribution in [0.15, 0.2) is 0 Å². The van der Waals surface area contributed by atoms with E-state index >= 15 is 0 Å². The van der Waals surface area contributed by atoms with Gasteiger partial charge in [-0.25, -0.2) is 0 Å². The average molecular weight is 237 g/mol. The fourth-order valence-corrected chi connectivity index (χ4v) is 4.50. The van der Waals surface area contributed by atoms with Crippen LogP contribution in [0.1, 0.15) is 66.2 Å². The lowest BCUT2D eigenvalue weighted by Gasteiger charge is -2.38. The topological polar surface area (TPSA) is 12.0 Å². The quantitative estimate of drug-likeness (QED) is 0.758. The standard InChI is InChI=1S/C16H31N/c1-11-5-12(2)8-15(7-11)17-16-9-13(3)6-14(4)10-16/h11-17H,5-10H2,1-4H3. The fourth-order valence-electron chi connectivity index (χ4n) is 4.50. The molecule has 4 atom stereocenters. The lowest BCUT2D eigenvalue weighted by molar-refractivity contribution is 0.179. The van der Waals surface area contributed by atoms with E-state index < -0.39 is 0 Å². The number of rotatable bonds is 2. The van der Waals surface area contributed by atoms with Crippen molar-refractivity contribution in [1.82, 2.24) is 5.32 Å². The van der Waals surface area contributed by atoms with E-state index in [1.54, 1.807) is 0 Å². The lowest BCUT2D eigenvalue weighted by atomic mass is 9.77. The molecule has 0 heterocycles. The van der Waals surface area contributed by atoms with E-state index in [4.69, 9.17) is 0 Å². The van der Waals surface area contributed by atoms with Gasteiger partial charge < -0.3 is 5.32 Å². The van der Waals surface area contributed by atoms with Crippen molar-refractivity contribution in [2.75, 3.05) is 0 Å². The molecule has 1 nitrogen and oxygen atoms in total. The molecule has 2 rings (SSSR count). The summed E-state index contributed by atoms with van der Waals surface area (Å²) < 4.78 is 0. The monoisotopic (exact) mass is 237 g/mol. The molecule has 0 saturated heterocycles. The summed E-state index contributed by atoms with van der Waals surface area (Å²) in [6.07, 6.45) is 8.51. The molecule has 0 aromatic heterocycles. The van der Waals surface area contributed by atoms with Crippen LogP contribution in [-0.2, 0) is 0 Å². The Morgan fingerprint density at radius 1 is 0.529 bits per heavy atom. The van der Waals surface area contributed by atoms with Crippen LogP contribution in [0.2, 0.25) is 0 Å². The predicted octanol–water partition coefficient (Wildman–Crippen LogP) is 4.23. The first-order valence-electron chi connectivity index (χ1n) is 7.79. The second kappa shape index (κ2) is 5.73. The Labute approximate surface area is 108 Å². The third-order valence-electron chi connectivity index (χ3n) is 4.83. The maximum absolute atomic E-state index is 3.98. The van der Waals surface area contributed by atoms with E-state index in [0.717, 1.165) is 35.8 Å². The Morgan fingerprint density at radius 2 is 0.824 bits per heavy atom. The van der Waals surface area contributed by atoms with Gasteiger partial charge in [-0.15, -0.1) is 0 Å². The molecule has 0 aromatic rings. The van der Waals surface area contributed by atoms with Gasteiger partial charge in [0.2, 0.25) is 0 Å². The van der Waals surface area contributed by atoms with E-state index in [1.165, 1.54) is 38.5 Å². The highest BCUT2D eigenvalue weighted by molar-refractivity contribution is 4.86. The molecule has 0 aliphatic heterocycles. The molecule has 2 aliphatic carbocycles. The van der Waals surface area contributed by atoms with Crippen molar-refractivity contribution < 1.29 is 0 Å². The van der Waals surface area contributed by atoms with Gasteiger partial charge in [0.05, 0.1) is 0 Å². The van der Waals surface area contributed by atoms with E-state index in [2.05, 4.69) is 33.0 Å². The van der Waals surface area contributed by atoms with Crippen LogP contribution in [0.3, 0.4) is 0 Å². The van der Waals surface area contributed by atoms with E-state index in [-0.39, 0.29) is 0 Å².